The van der Waals surface area contributed by atoms with Gasteiger partial charge in [0.1, 0.15) is 0 Å². The summed E-state index contributed by atoms with van der Waals surface area (Å²) in [6, 6.07) is 3.20. The van der Waals surface area contributed by atoms with Crippen molar-refractivity contribution in [1.82, 2.24) is 0 Å². The van der Waals surface area contributed by atoms with Gasteiger partial charge in [-0.05, 0) is 18.6 Å². The molecule has 4 heteroatoms. The molecule has 0 radical (unpaired) electrons. The fourth-order valence-electron chi connectivity index (χ4n) is 1.40. The van der Waals surface area contributed by atoms with Crippen LogP contribution in [0.1, 0.15) is 36.5 Å². The summed E-state index contributed by atoms with van der Waals surface area (Å²) in [7, 11) is 1.49. The fourth-order valence-corrected chi connectivity index (χ4v) is 2.04. The van der Waals surface area contributed by atoms with Gasteiger partial charge in [-0.3, -0.25) is 4.79 Å². The van der Waals surface area contributed by atoms with Gasteiger partial charge >= 0.3 is 0 Å². The average Bonchev–Trinajstić information content (AvgIpc) is 2.25. The third kappa shape index (κ3) is 3.13. The van der Waals surface area contributed by atoms with Crippen LogP contribution in [0, 0.1) is 0 Å². The van der Waals surface area contributed by atoms with Crippen LogP contribution in [0.15, 0.2) is 12.1 Å². The van der Waals surface area contributed by atoms with Crippen molar-refractivity contribution in [3.63, 3.8) is 0 Å². The number of benzene rings is 1. The van der Waals surface area contributed by atoms with Gasteiger partial charge in [-0.25, -0.2) is 0 Å². The second-order valence-electron chi connectivity index (χ2n) is 3.50. The van der Waals surface area contributed by atoms with E-state index in [1.165, 1.54) is 7.11 Å². The molecule has 2 nitrogen and oxygen atoms in total. The molecule has 0 saturated heterocycles. The molecule has 0 fully saturated rings. The number of hydrogen-bond donors (Lipinski definition) is 0. The van der Waals surface area contributed by atoms with Gasteiger partial charge in [0.2, 0.25) is 0 Å². The molecule has 16 heavy (non-hydrogen) atoms. The molecule has 88 valence electrons. The molecule has 0 aromatic heterocycles. The molecule has 1 rings (SSSR count). The van der Waals surface area contributed by atoms with E-state index in [4.69, 9.17) is 27.9 Å². The molecule has 0 aliphatic heterocycles. The molecule has 0 heterocycles. The van der Waals surface area contributed by atoms with Crippen molar-refractivity contribution in [1.29, 1.82) is 0 Å². The second kappa shape index (κ2) is 6.12. The Bertz CT molecular complexity index is 366. The lowest BCUT2D eigenvalue weighted by molar-refractivity contribution is 0.0980. The number of unbranched alkanes of at least 4 members (excludes halogenated alkanes) is 1. The molecule has 0 saturated carbocycles. The predicted octanol–water partition coefficient (Wildman–Crippen LogP) is 4.37. The van der Waals surface area contributed by atoms with Gasteiger partial charge in [-0.15, -0.1) is 0 Å². The van der Waals surface area contributed by atoms with E-state index in [2.05, 4.69) is 0 Å². The quantitative estimate of drug-likeness (QED) is 0.735. The summed E-state index contributed by atoms with van der Waals surface area (Å²) < 4.78 is 5.02. The third-order valence-electron chi connectivity index (χ3n) is 2.28. The van der Waals surface area contributed by atoms with Crippen LogP contribution in [0.5, 0.6) is 5.75 Å². The summed E-state index contributed by atoms with van der Waals surface area (Å²) in [6.07, 6.45) is 2.39. The number of Topliss-reactive ketones (excluding diaryl/α,β-unsaturated/α-hetero) is 1. The molecule has 1 aromatic rings. The summed E-state index contributed by atoms with van der Waals surface area (Å²) in [4.78, 5) is 11.7. The van der Waals surface area contributed by atoms with Gasteiger partial charge < -0.3 is 4.74 Å². The smallest absolute Gasteiger partial charge is 0.162 e. The molecule has 0 bridgehead atoms. The number of carbonyl (C=O) groups excluding carboxylic acids is 1. The molecule has 0 aliphatic rings. The number of rotatable bonds is 5. The largest absolute Gasteiger partial charge is 0.494 e. The fraction of sp³-hybridized carbons (Fsp3) is 0.417. The van der Waals surface area contributed by atoms with Gasteiger partial charge in [0.15, 0.2) is 11.5 Å². The Morgan fingerprint density at radius 2 is 1.88 bits per heavy atom. The van der Waals surface area contributed by atoms with Crippen molar-refractivity contribution in [3.8, 4) is 5.75 Å². The Kier molecular flexibility index (Phi) is 5.10. The number of carbonyl (C=O) groups is 1. The number of hydrogen-bond acceptors (Lipinski definition) is 2. The number of ketones is 1. The highest BCUT2D eigenvalue weighted by Gasteiger charge is 2.12. The maximum absolute atomic E-state index is 11.7. The lowest BCUT2D eigenvalue weighted by atomic mass is 10.1. The molecule has 0 spiro atoms. The summed E-state index contributed by atoms with van der Waals surface area (Å²) in [5, 5.41) is 0.740. The van der Waals surface area contributed by atoms with Crippen molar-refractivity contribution >= 4 is 29.0 Å². The van der Waals surface area contributed by atoms with Gasteiger partial charge in [0.05, 0.1) is 17.2 Å². The maximum Gasteiger partial charge on any atom is 0.162 e. The summed E-state index contributed by atoms with van der Waals surface area (Å²) in [6.45, 7) is 2.04. The normalized spacial score (nSPS) is 10.2. The Morgan fingerprint density at radius 1 is 1.31 bits per heavy atom. The van der Waals surface area contributed by atoms with Gasteiger partial charge in [0.25, 0.3) is 0 Å². The van der Waals surface area contributed by atoms with E-state index in [1.54, 1.807) is 12.1 Å². The van der Waals surface area contributed by atoms with Crippen molar-refractivity contribution in [2.75, 3.05) is 7.11 Å². The number of ether oxygens (including phenoxy) is 1. The maximum atomic E-state index is 11.7. The lowest BCUT2D eigenvalue weighted by Crippen LogP contribution is -1.99. The van der Waals surface area contributed by atoms with Gasteiger partial charge in [-0.1, -0.05) is 36.5 Å². The minimum atomic E-state index is 0.0632. The van der Waals surface area contributed by atoms with Crippen LogP contribution in [0.4, 0.5) is 0 Å². The Morgan fingerprint density at radius 3 is 2.31 bits per heavy atom. The topological polar surface area (TPSA) is 26.3 Å². The first-order valence-electron chi connectivity index (χ1n) is 5.16. The van der Waals surface area contributed by atoms with Crippen LogP contribution in [0.2, 0.25) is 10.0 Å². The second-order valence-corrected chi connectivity index (χ2v) is 4.31. The predicted molar refractivity (Wildman–Crippen MR) is 66.9 cm³/mol. The van der Waals surface area contributed by atoms with E-state index in [0.29, 0.717) is 27.8 Å². The minimum Gasteiger partial charge on any atom is -0.494 e. The van der Waals surface area contributed by atoms with Crippen LogP contribution >= 0.6 is 23.2 Å². The Balaban J connectivity index is 2.95. The number of methoxy groups -OCH3 is 1. The lowest BCUT2D eigenvalue weighted by Gasteiger charge is -2.07. The van der Waals surface area contributed by atoms with Crippen molar-refractivity contribution < 1.29 is 9.53 Å². The van der Waals surface area contributed by atoms with Crippen molar-refractivity contribution in [2.24, 2.45) is 0 Å². The molecule has 0 atom stereocenters. The minimum absolute atomic E-state index is 0.0632. The molecule has 0 aliphatic carbocycles. The zero-order valence-corrected chi connectivity index (χ0v) is 10.9. The SMILES string of the molecule is CCCCC(=O)c1cc(Cl)c(OC)c(Cl)c1. The summed E-state index contributed by atoms with van der Waals surface area (Å²) >= 11 is 11.9. The first-order valence-corrected chi connectivity index (χ1v) is 5.92. The van der Waals surface area contributed by atoms with Crippen molar-refractivity contribution in [2.45, 2.75) is 26.2 Å². The first kappa shape index (κ1) is 13.3. The van der Waals surface area contributed by atoms with E-state index in [1.807, 2.05) is 6.92 Å². The Hall–Kier alpha value is -0.730. The van der Waals surface area contributed by atoms with Gasteiger partial charge in [0, 0.05) is 12.0 Å². The van der Waals surface area contributed by atoms with Crippen LogP contribution in [-0.2, 0) is 0 Å². The van der Waals surface area contributed by atoms with Crippen molar-refractivity contribution in [3.05, 3.63) is 27.7 Å². The summed E-state index contributed by atoms with van der Waals surface area (Å²) in [5.74, 6) is 0.476. The zero-order valence-electron chi connectivity index (χ0n) is 9.35. The summed E-state index contributed by atoms with van der Waals surface area (Å²) in [5.41, 5.74) is 0.546. The van der Waals surface area contributed by atoms with E-state index in [-0.39, 0.29) is 5.78 Å². The van der Waals surface area contributed by atoms with Crippen LogP contribution in [0.3, 0.4) is 0 Å². The standard InChI is InChI=1S/C12H14Cl2O2/c1-3-4-5-11(15)8-6-9(13)12(16-2)10(14)7-8/h6-7H,3-5H2,1-2H3. The highest BCUT2D eigenvalue weighted by Crippen LogP contribution is 2.34. The highest BCUT2D eigenvalue weighted by molar-refractivity contribution is 6.37. The molecule has 0 unspecified atom stereocenters. The van der Waals surface area contributed by atoms with E-state index >= 15 is 0 Å². The van der Waals surface area contributed by atoms with Gasteiger partial charge in [-0.2, -0.15) is 0 Å². The van der Waals surface area contributed by atoms with Crippen LogP contribution in [0.25, 0.3) is 0 Å². The molecule has 0 amide bonds. The number of halogens is 2. The van der Waals surface area contributed by atoms with Crippen LogP contribution < -0.4 is 4.74 Å². The average molecular weight is 261 g/mol. The van der Waals surface area contributed by atoms with E-state index in [9.17, 15) is 4.79 Å². The molecule has 1 aromatic carbocycles. The highest BCUT2D eigenvalue weighted by atomic mass is 35.5. The monoisotopic (exact) mass is 260 g/mol. The molecular weight excluding hydrogens is 247 g/mol. The van der Waals surface area contributed by atoms with E-state index in [0.717, 1.165) is 12.8 Å². The van der Waals surface area contributed by atoms with E-state index < -0.39 is 0 Å². The molecule has 0 N–H and O–H groups in total. The zero-order chi connectivity index (χ0) is 12.1. The Labute approximate surface area is 106 Å². The van der Waals surface area contributed by atoms with Crippen LogP contribution in [-0.4, -0.2) is 12.9 Å². The third-order valence-corrected chi connectivity index (χ3v) is 2.84. The first-order chi connectivity index (χ1) is 7.60. The molecular formula is C12H14Cl2O2.